The summed E-state index contributed by atoms with van der Waals surface area (Å²) in [5.74, 6) is -7.05. The summed E-state index contributed by atoms with van der Waals surface area (Å²) < 4.78 is 16.8. The summed E-state index contributed by atoms with van der Waals surface area (Å²) >= 11 is 0. The highest BCUT2D eigenvalue weighted by molar-refractivity contribution is 6.00. The summed E-state index contributed by atoms with van der Waals surface area (Å²) in [5.41, 5.74) is 2.97. The number of nitrogens with one attached hydrogen (secondary N) is 6. The van der Waals surface area contributed by atoms with Gasteiger partial charge in [0, 0.05) is 66.0 Å². The van der Waals surface area contributed by atoms with Crippen molar-refractivity contribution in [1.29, 1.82) is 0 Å². The van der Waals surface area contributed by atoms with Crippen LogP contribution in [-0.4, -0.2) is 276 Å². The molecule has 14 atom stereocenters. The minimum Gasteiger partial charge on any atom is -0.465 e. The number of likely N-dealkylation sites (N-methyl/N-ethyl adjacent to an activating group) is 3. The smallest absolute Gasteiger partial charge is 0.328 e. The molecule has 10 rings (SSSR count). The third kappa shape index (κ3) is 23.1. The Morgan fingerprint density at radius 2 is 0.895 bits per heavy atom. The van der Waals surface area contributed by atoms with Gasteiger partial charge in [0.1, 0.15) is 85.7 Å². The Kier molecular flexibility index (Phi) is 30.9. The van der Waals surface area contributed by atoms with Gasteiger partial charge in [-0.15, -0.1) is 12.3 Å². The fourth-order valence-electron chi connectivity index (χ4n) is 15.2. The van der Waals surface area contributed by atoms with Crippen LogP contribution in [0.1, 0.15) is 101 Å². The molecule has 12 amide bonds. The van der Waals surface area contributed by atoms with Crippen molar-refractivity contribution in [1.82, 2.24) is 66.2 Å². The number of hydrogen-bond acceptors (Lipinski definition) is 19. The predicted molar refractivity (Wildman–Crippen MR) is 414 cm³/mol. The van der Waals surface area contributed by atoms with Crippen LogP contribution in [0.4, 0.5) is 0 Å². The summed E-state index contributed by atoms with van der Waals surface area (Å²) in [6.07, 6.45) is 7.44. The lowest BCUT2D eigenvalue weighted by Gasteiger charge is -2.35. The zero-order valence-electron chi connectivity index (χ0n) is 65.8. The van der Waals surface area contributed by atoms with Crippen LogP contribution in [-0.2, 0) is 112 Å². The second-order valence-electron chi connectivity index (χ2n) is 30.4. The molecule has 610 valence electrons. The zero-order valence-corrected chi connectivity index (χ0v) is 65.8. The van der Waals surface area contributed by atoms with Crippen LogP contribution in [0.25, 0.3) is 0 Å². The molecule has 0 unspecified atom stereocenters. The molecule has 0 aliphatic carbocycles. The first-order valence-electron chi connectivity index (χ1n) is 38.8. The number of cyclic esters (lactones) is 2. The fraction of sp³-hybridized carbons (Fsp3) is 0.506. The molecule has 0 bridgehead atoms. The fourth-order valence-corrected chi connectivity index (χ4v) is 15.2. The van der Waals surface area contributed by atoms with Gasteiger partial charge in [-0.1, -0.05) is 135 Å². The number of carbonyl (C=O) groups is 15. The molecule has 31 nitrogen and oxygen atoms in total. The van der Waals surface area contributed by atoms with Gasteiger partial charge in [-0.05, 0) is 101 Å². The van der Waals surface area contributed by atoms with Crippen molar-refractivity contribution in [3.05, 3.63) is 144 Å². The average molecular weight is 1570 g/mol. The number of rotatable bonds is 20. The number of benzene rings is 4. The predicted octanol–water partition coefficient (Wildman–Crippen LogP) is 0.634. The molecule has 6 aliphatic rings. The van der Waals surface area contributed by atoms with E-state index in [9.17, 15) is 71.9 Å². The van der Waals surface area contributed by atoms with Gasteiger partial charge in [0.25, 0.3) is 0 Å². The Morgan fingerprint density at radius 3 is 1.28 bits per heavy atom. The lowest BCUT2D eigenvalue weighted by Crippen LogP contribution is -2.61. The molecule has 6 heterocycles. The molecule has 0 radical (unpaired) electrons. The lowest BCUT2D eigenvalue weighted by atomic mass is 10.0. The Morgan fingerprint density at radius 1 is 0.518 bits per heavy atom. The first kappa shape index (κ1) is 86.4. The number of ether oxygens (including phenoxy) is 3. The first-order valence-corrected chi connectivity index (χ1v) is 38.8. The molecule has 31 heteroatoms. The van der Waals surface area contributed by atoms with Gasteiger partial charge >= 0.3 is 17.9 Å². The highest BCUT2D eigenvalue weighted by Crippen LogP contribution is 2.30. The molecule has 4 aromatic carbocycles. The van der Waals surface area contributed by atoms with E-state index in [1.807, 2.05) is 50.2 Å². The van der Waals surface area contributed by atoms with Crippen molar-refractivity contribution in [2.75, 3.05) is 80.7 Å². The number of carbonyl (C=O) groups excluding carboxylic acids is 15. The molecule has 6 aliphatic heterocycles. The number of nitrogens with zero attached hydrogens (tertiary/aromatic N) is 7. The van der Waals surface area contributed by atoms with Gasteiger partial charge in [-0.25, -0.2) is 9.59 Å². The third-order valence-electron chi connectivity index (χ3n) is 21.2. The Hall–Kier alpha value is -11.6. The van der Waals surface area contributed by atoms with Gasteiger partial charge in [0.2, 0.25) is 70.9 Å². The number of esters is 3. The van der Waals surface area contributed by atoms with Crippen LogP contribution >= 0.6 is 0 Å². The second kappa shape index (κ2) is 40.8. The quantitative estimate of drug-likeness (QED) is 0.0401. The van der Waals surface area contributed by atoms with Gasteiger partial charge in [-0.2, -0.15) is 0 Å². The minimum atomic E-state index is -1.49. The van der Waals surface area contributed by atoms with E-state index >= 15 is 0 Å². The molecule has 6 fully saturated rings. The van der Waals surface area contributed by atoms with Crippen LogP contribution in [0.2, 0.25) is 0 Å². The summed E-state index contributed by atoms with van der Waals surface area (Å²) in [7, 11) is 6.24. The van der Waals surface area contributed by atoms with Crippen molar-refractivity contribution in [3.63, 3.8) is 0 Å². The Labute approximate surface area is 663 Å². The largest absolute Gasteiger partial charge is 0.465 e. The van der Waals surface area contributed by atoms with E-state index in [1.165, 1.54) is 57.3 Å². The molecular weight excluding hydrogens is 1470 g/mol. The Bertz CT molecular complexity index is 4170. The SMILES string of the molecule is C#CC[C@H]1C(=O)N[C@@H](C)C(=O)N2C[C@H](C)C[C@H]2C(=O)OC[C@H](NC(=O)[C@H](Cc2ccccc2)NC(=O)Cc2ccccc2)C(=O)N2CCC[C@H]2C(=O)N1C.C[C@@H]1C[C@H]2C(=O)OC[C@H](NC(=O)[C@H](Cc3ccccc3)NC(=O)Cc3ccccc3)C(=O)N3CCC[C@H]3C(=O)N(C)[C@@H](CCOC(=O)CN(C)C)C(=O)N[C@@H](C)C(=O)N2C1. The van der Waals surface area contributed by atoms with Crippen molar-refractivity contribution in [2.24, 2.45) is 11.8 Å². The highest BCUT2D eigenvalue weighted by Gasteiger charge is 2.48. The maximum absolute atomic E-state index is 14.6. The van der Waals surface area contributed by atoms with Crippen LogP contribution in [0, 0.1) is 24.2 Å². The van der Waals surface area contributed by atoms with Gasteiger partial charge in [0.15, 0.2) is 0 Å². The number of hydrogen-bond donors (Lipinski definition) is 6. The van der Waals surface area contributed by atoms with E-state index < -0.39 is 175 Å². The number of terminal acetylenes is 1. The van der Waals surface area contributed by atoms with E-state index in [1.54, 1.807) is 104 Å². The number of fused-ring (bicyclic) bond motifs is 4. The second-order valence-corrected chi connectivity index (χ2v) is 30.4. The summed E-state index contributed by atoms with van der Waals surface area (Å²) in [6, 6.07) is 22.3. The van der Waals surface area contributed by atoms with Gasteiger partial charge in [-0.3, -0.25) is 67.2 Å². The van der Waals surface area contributed by atoms with E-state index in [0.29, 0.717) is 12.8 Å². The van der Waals surface area contributed by atoms with Gasteiger partial charge in [0.05, 0.1) is 26.0 Å². The van der Waals surface area contributed by atoms with E-state index in [0.717, 1.165) is 22.3 Å². The summed E-state index contributed by atoms with van der Waals surface area (Å²) in [6.45, 7) is 6.01. The van der Waals surface area contributed by atoms with Crippen LogP contribution in [0.15, 0.2) is 121 Å². The number of amides is 12. The summed E-state index contributed by atoms with van der Waals surface area (Å²) in [5, 5.41) is 16.4. The van der Waals surface area contributed by atoms with Crippen molar-refractivity contribution < 1.29 is 86.1 Å². The van der Waals surface area contributed by atoms with Gasteiger partial charge < -0.3 is 75.5 Å². The topological polar surface area (TPSA) is 379 Å². The molecule has 6 saturated heterocycles. The average Bonchev–Trinajstić information content (AvgIpc) is 1.59. The standard InChI is InChI=1S/C43H57N7O10.C40H48N6O8/c1-27-21-35-43(58)60-26-32(46-38(53)31(22-29-13-8-6-9-14-29)45-36(51)23-30-15-10-7-11-16-30)41(56)49-19-12-17-34(49)42(57)48(5)33(18-20-59-37(52)25-47(3)4)39(54)44-28(2)40(55)50(35)24-27;1-5-13-31-36(49)41-26(3)37(50)46-23-25(2)20-33(46)40(53)54-24-30(38(51)45-19-12-18-32(45)39(52)44(31)4)43-35(48)29(21-27-14-8-6-9-15-27)42-34(47)22-28-16-10-7-11-17-28/h6-11,13-16,27-28,31-35H,12,17-26H2,1-5H3,(H,44,54)(H,45,51)(H,46,53);1,6-11,14-17,25-26,29-33H,12-13,18-24H2,2-4H3,(H,41,49)(H,42,47)(H,43,48)/t27-,28+,31+,32+,33+,34+,35+;25-,26+,29+,30+,31+,32+,33+/m11/s1. The molecule has 6 N–H and O–H groups in total. The van der Waals surface area contributed by atoms with Crippen LogP contribution in [0.3, 0.4) is 0 Å². The van der Waals surface area contributed by atoms with E-state index in [-0.39, 0.29) is 115 Å². The molecule has 0 aromatic heterocycles. The maximum Gasteiger partial charge on any atom is 0.328 e. The Balaban J connectivity index is 0.000000263. The lowest BCUT2D eigenvalue weighted by molar-refractivity contribution is -0.158. The maximum atomic E-state index is 14.6. The van der Waals surface area contributed by atoms with Crippen molar-refractivity contribution in [3.8, 4) is 12.3 Å². The first-order chi connectivity index (χ1) is 54.5. The zero-order chi connectivity index (χ0) is 82.4. The van der Waals surface area contributed by atoms with Crippen molar-refractivity contribution >= 4 is 88.8 Å². The van der Waals surface area contributed by atoms with E-state index in [4.69, 9.17) is 20.6 Å². The monoisotopic (exact) mass is 1570 g/mol. The molecule has 114 heavy (non-hydrogen) atoms. The highest BCUT2D eigenvalue weighted by atomic mass is 16.5. The summed E-state index contributed by atoms with van der Waals surface area (Å²) in [4.78, 5) is 216. The van der Waals surface area contributed by atoms with Crippen LogP contribution < -0.4 is 31.9 Å². The normalized spacial score (nSPS) is 25.2. The van der Waals surface area contributed by atoms with Crippen molar-refractivity contribution in [2.45, 2.75) is 177 Å². The molecule has 0 saturated carbocycles. The third-order valence-corrected chi connectivity index (χ3v) is 21.2. The van der Waals surface area contributed by atoms with Crippen LogP contribution in [0.5, 0.6) is 0 Å². The molecular formula is C83H105N13O18. The molecule has 4 aromatic rings. The molecule has 0 spiro atoms. The minimum absolute atomic E-state index is 0.00105. The van der Waals surface area contributed by atoms with E-state index in [2.05, 4.69) is 37.8 Å².